The lowest BCUT2D eigenvalue weighted by Gasteiger charge is -2.37. The Morgan fingerprint density at radius 2 is 0.968 bits per heavy atom. The van der Waals surface area contributed by atoms with Gasteiger partial charge in [-0.25, -0.2) is 0 Å². The van der Waals surface area contributed by atoms with Crippen LogP contribution in [0.4, 0.5) is 0 Å². The highest BCUT2D eigenvalue weighted by molar-refractivity contribution is 9.10. The molecule has 0 radical (unpaired) electrons. The summed E-state index contributed by atoms with van der Waals surface area (Å²) in [5.74, 6) is -0.727. The first-order valence-electron chi connectivity index (χ1n) is 29.6. The summed E-state index contributed by atoms with van der Waals surface area (Å²) < 4.78 is 1.09. The van der Waals surface area contributed by atoms with E-state index in [1.54, 1.807) is 49.2 Å². The van der Waals surface area contributed by atoms with Crippen molar-refractivity contribution in [2.45, 2.75) is 80.3 Å². The number of thioether (sulfide) groups is 1. The standard InChI is InChI=1S/C17H16N2O2S.C12H9ClN2.C12H10N2O.C12H8N2O.C12H10N2S.C9H6BrNO/c18-9-1-3-12-4-5-14-13(11-12)15(6-10-19-14)22-17(16(20)21)7-2-8-17;13-11-5-7-15-12-4-3-9(2-1-6-14)8-10(11)12;3*13-6-1-2-9-3-4-11-10(8-9)12(15)5-7-14-11;10-6-1-2-8-7(5-6)9(12)3-4-11-8/h4-6,10-11H,1-3,7-8H2,(H,20,21);3-5,7-8H,1-2H2;3-5,7-8H,1-2H2,(H,14,15);1-5,7-8H,(H,14,15);3-5,7-8H,1-2H2,(H,14,15);1-5H,(H,11,12)/b;;;2-1+;;. The summed E-state index contributed by atoms with van der Waals surface area (Å²) in [4.78, 5) is 67.6. The second-order valence-corrected chi connectivity index (χ2v) is 24.5. The third-order valence-corrected chi connectivity index (χ3v) is 17.7. The van der Waals surface area contributed by atoms with Gasteiger partial charge in [0.2, 0.25) is 0 Å². The Kier molecular flexibility index (Phi) is 25.4. The Hall–Kier alpha value is -10.8. The van der Waals surface area contributed by atoms with Crippen molar-refractivity contribution in [3.05, 3.63) is 261 Å². The number of carboxylic acids is 1. The van der Waals surface area contributed by atoms with E-state index in [-0.39, 0.29) is 16.3 Å². The van der Waals surface area contributed by atoms with Gasteiger partial charge in [-0.3, -0.25) is 29.1 Å². The van der Waals surface area contributed by atoms with Crippen molar-refractivity contribution >= 4 is 129 Å². The number of rotatable bonds is 12. The molecular formula is C74H59BrClN11O5S2. The fourth-order valence-corrected chi connectivity index (χ4v) is 12.1. The van der Waals surface area contributed by atoms with E-state index < -0.39 is 10.7 Å². The number of nitrogens with zero attached hydrogens (tertiary/aromatic N) is 7. The highest BCUT2D eigenvalue weighted by atomic mass is 79.9. The molecule has 0 amide bonds. The third-order valence-electron chi connectivity index (χ3n) is 15.0. The fourth-order valence-electron chi connectivity index (χ4n) is 9.91. The number of aryl methyl sites for hydroxylation is 4. The Balaban J connectivity index is 0.000000146. The molecule has 466 valence electrons. The summed E-state index contributed by atoms with van der Waals surface area (Å²) in [6, 6.07) is 55.2. The van der Waals surface area contributed by atoms with Crippen molar-refractivity contribution in [2.24, 2.45) is 0 Å². The predicted octanol–water partition coefficient (Wildman–Crippen LogP) is 16.8. The number of H-pyrrole nitrogens is 4. The molecule has 6 heterocycles. The summed E-state index contributed by atoms with van der Waals surface area (Å²) in [5, 5.41) is 57.9. The van der Waals surface area contributed by atoms with E-state index in [2.05, 4.69) is 76.2 Å². The van der Waals surface area contributed by atoms with E-state index in [4.69, 9.17) is 50.1 Å². The van der Waals surface area contributed by atoms with Crippen LogP contribution in [-0.2, 0) is 30.5 Å². The van der Waals surface area contributed by atoms with E-state index in [1.165, 1.54) is 36.0 Å². The van der Waals surface area contributed by atoms with Crippen molar-refractivity contribution in [3.63, 3.8) is 0 Å². The number of benzene rings is 6. The van der Waals surface area contributed by atoms with Crippen LogP contribution in [0.5, 0.6) is 0 Å². The van der Waals surface area contributed by atoms with Gasteiger partial charge in [-0.2, -0.15) is 26.3 Å². The first-order valence-corrected chi connectivity index (χ1v) is 32.0. The summed E-state index contributed by atoms with van der Waals surface area (Å²) >= 11 is 16.1. The van der Waals surface area contributed by atoms with Crippen LogP contribution in [0.25, 0.3) is 71.5 Å². The summed E-state index contributed by atoms with van der Waals surface area (Å²) in [6.07, 6.45) is 20.6. The van der Waals surface area contributed by atoms with Crippen molar-refractivity contribution < 1.29 is 9.90 Å². The molecule has 1 aliphatic rings. The number of nitrogens with one attached hydrogen (secondary N) is 4. The van der Waals surface area contributed by atoms with E-state index >= 15 is 0 Å². The van der Waals surface area contributed by atoms with Gasteiger partial charge in [0, 0.05) is 155 Å². The molecule has 12 aromatic rings. The molecule has 1 aliphatic carbocycles. The molecule has 6 aromatic heterocycles. The van der Waals surface area contributed by atoms with Gasteiger partial charge in [-0.05, 0) is 176 Å². The van der Waals surface area contributed by atoms with Crippen molar-refractivity contribution in [2.75, 3.05) is 0 Å². The maximum absolute atomic E-state index is 11.6. The second-order valence-electron chi connectivity index (χ2n) is 21.3. The monoisotopic (exact) mass is 1360 g/mol. The zero-order chi connectivity index (χ0) is 66.8. The molecule has 6 aromatic carbocycles. The average molecular weight is 1360 g/mol. The topological polar surface area (TPSA) is 296 Å². The molecule has 0 bridgehead atoms. The largest absolute Gasteiger partial charge is 0.480 e. The number of allylic oxidation sites excluding steroid dienone is 1. The molecule has 13 rings (SSSR count). The molecular weight excluding hydrogens is 1300 g/mol. The molecule has 20 heteroatoms. The minimum absolute atomic E-state index is 0.0163. The quantitative estimate of drug-likeness (QED) is 0.0561. The summed E-state index contributed by atoms with van der Waals surface area (Å²) in [5.41, 5.74) is 10.6. The van der Waals surface area contributed by atoms with E-state index in [1.807, 2.05) is 121 Å². The Labute approximate surface area is 563 Å². The van der Waals surface area contributed by atoms with Gasteiger partial charge >= 0.3 is 5.97 Å². The minimum Gasteiger partial charge on any atom is -0.480 e. The highest BCUT2D eigenvalue weighted by Crippen LogP contribution is 2.49. The zero-order valence-electron chi connectivity index (χ0n) is 50.5. The molecule has 1 fully saturated rings. The van der Waals surface area contributed by atoms with Crippen LogP contribution in [0.1, 0.15) is 72.8 Å². The maximum Gasteiger partial charge on any atom is 0.320 e. The molecule has 0 atom stereocenters. The normalized spacial score (nSPS) is 11.6. The van der Waals surface area contributed by atoms with Crippen LogP contribution in [0.15, 0.2) is 213 Å². The smallest absolute Gasteiger partial charge is 0.320 e. The number of aromatic nitrogens is 6. The van der Waals surface area contributed by atoms with Gasteiger partial charge in [-0.1, -0.05) is 70.1 Å². The van der Waals surface area contributed by atoms with Gasteiger partial charge in [0.25, 0.3) is 0 Å². The van der Waals surface area contributed by atoms with Gasteiger partial charge in [0.1, 0.15) is 4.75 Å². The number of carboxylic acid groups (broad SMARTS) is 1. The number of hydrogen-bond acceptors (Lipinski definition) is 13. The van der Waals surface area contributed by atoms with Gasteiger partial charge in [0.15, 0.2) is 16.3 Å². The van der Waals surface area contributed by atoms with Crippen molar-refractivity contribution in [1.29, 1.82) is 26.3 Å². The Morgan fingerprint density at radius 1 is 0.543 bits per heavy atom. The first kappa shape index (κ1) is 69.1. The van der Waals surface area contributed by atoms with Gasteiger partial charge < -0.3 is 25.0 Å². The summed E-state index contributed by atoms with van der Waals surface area (Å²) in [7, 11) is 0. The Morgan fingerprint density at radius 3 is 1.47 bits per heavy atom. The van der Waals surface area contributed by atoms with Crippen molar-refractivity contribution in [1.82, 2.24) is 29.9 Å². The molecule has 5 N–H and O–H groups in total. The van der Waals surface area contributed by atoms with Gasteiger partial charge in [0.05, 0.1) is 46.4 Å². The van der Waals surface area contributed by atoms with E-state index in [0.717, 1.165) is 110 Å². The lowest BCUT2D eigenvalue weighted by Crippen LogP contribution is -2.41. The molecule has 94 heavy (non-hydrogen) atoms. The number of halogens is 2. The van der Waals surface area contributed by atoms with Crippen LogP contribution >= 0.6 is 51.5 Å². The lowest BCUT2D eigenvalue weighted by atomic mass is 9.84. The molecule has 0 aliphatic heterocycles. The first-order chi connectivity index (χ1) is 45.7. The van der Waals surface area contributed by atoms with Crippen LogP contribution in [0, 0.1) is 61.2 Å². The molecule has 0 saturated heterocycles. The molecule has 0 spiro atoms. The third kappa shape index (κ3) is 18.9. The SMILES string of the molecule is N#C/C=C/c1ccc2[nH]ccc(=O)c2c1.N#CCCc1ccc2[nH]ccc(=O)c2c1.N#CCCc1ccc2[nH]ccc(=S)c2c1.N#CCCc1ccc2nccc(Cl)c2c1.N#CCCc1ccc2nccc(SC3(C(=O)O)CCC3)c2c1.O=c1cc[nH]c2ccc(Br)cc12. The molecule has 0 unspecified atom stereocenters. The minimum atomic E-state index is -0.727. The van der Waals surface area contributed by atoms with Crippen LogP contribution in [-0.4, -0.2) is 45.7 Å². The number of pyridine rings is 6. The number of aromatic amines is 4. The number of carbonyl (C=O) groups is 1. The van der Waals surface area contributed by atoms with Crippen LogP contribution in [0.3, 0.4) is 0 Å². The average Bonchev–Trinajstić information content (AvgIpc) is 0.843. The second kappa shape index (κ2) is 34.6. The van der Waals surface area contributed by atoms with Gasteiger partial charge in [-0.15, -0.1) is 11.8 Å². The summed E-state index contributed by atoms with van der Waals surface area (Å²) in [6.45, 7) is 0. The maximum atomic E-state index is 11.6. The highest BCUT2D eigenvalue weighted by Gasteiger charge is 2.45. The van der Waals surface area contributed by atoms with Crippen LogP contribution < -0.4 is 16.3 Å². The number of hydrogen-bond donors (Lipinski definition) is 5. The lowest BCUT2D eigenvalue weighted by molar-refractivity contribution is -0.142. The van der Waals surface area contributed by atoms with E-state index in [0.29, 0.717) is 72.5 Å². The van der Waals surface area contributed by atoms with E-state index in [9.17, 15) is 24.3 Å². The van der Waals surface area contributed by atoms with Crippen LogP contribution in [0.2, 0.25) is 5.02 Å². The molecule has 1 saturated carbocycles. The number of aliphatic carboxylic acids is 1. The number of fused-ring (bicyclic) bond motifs is 6. The zero-order valence-corrected chi connectivity index (χ0v) is 54.5. The Bertz CT molecular complexity index is 5120. The van der Waals surface area contributed by atoms with Crippen molar-refractivity contribution in [3.8, 4) is 30.3 Å². The number of nitriles is 5. The predicted molar refractivity (Wildman–Crippen MR) is 379 cm³/mol. The molecule has 16 nitrogen and oxygen atoms in total. The fraction of sp³-hybridized carbons (Fsp3) is 0.162.